The van der Waals surface area contributed by atoms with E-state index in [0.717, 1.165) is 41.8 Å². The summed E-state index contributed by atoms with van der Waals surface area (Å²) in [6.45, 7) is 4.55. The van der Waals surface area contributed by atoms with Gasteiger partial charge in [-0.3, -0.25) is 9.69 Å². The highest BCUT2D eigenvalue weighted by Gasteiger charge is 2.17. The van der Waals surface area contributed by atoms with Crippen molar-refractivity contribution < 1.29 is 4.79 Å². The molecule has 0 aliphatic carbocycles. The van der Waals surface area contributed by atoms with Crippen molar-refractivity contribution in [3.05, 3.63) is 45.7 Å². The molecule has 0 saturated carbocycles. The Kier molecular flexibility index (Phi) is 5.08. The van der Waals surface area contributed by atoms with Crippen LogP contribution in [0.4, 0.5) is 0 Å². The fraction of sp³-hybridized carbons (Fsp3) is 0.353. The SMILES string of the molecule is CN1CCN(CC(=O)c2ccc(-c3sccc3Br)cc2)CC1. The summed E-state index contributed by atoms with van der Waals surface area (Å²) in [7, 11) is 2.13. The quantitative estimate of drug-likeness (QED) is 0.759. The van der Waals surface area contributed by atoms with E-state index in [1.807, 2.05) is 30.3 Å². The summed E-state index contributed by atoms with van der Waals surface area (Å²) < 4.78 is 1.11. The first-order chi connectivity index (χ1) is 10.6. The highest BCUT2D eigenvalue weighted by atomic mass is 79.9. The second-order valence-electron chi connectivity index (χ2n) is 5.68. The number of piperazine rings is 1. The van der Waals surface area contributed by atoms with Crippen molar-refractivity contribution in [3.63, 3.8) is 0 Å². The lowest BCUT2D eigenvalue weighted by Crippen LogP contribution is -2.46. The summed E-state index contributed by atoms with van der Waals surface area (Å²) in [4.78, 5) is 18.1. The first-order valence-electron chi connectivity index (χ1n) is 7.41. The van der Waals surface area contributed by atoms with Crippen molar-refractivity contribution in [2.75, 3.05) is 39.8 Å². The van der Waals surface area contributed by atoms with Crippen LogP contribution in [0.25, 0.3) is 10.4 Å². The van der Waals surface area contributed by atoms with Crippen molar-refractivity contribution in [2.45, 2.75) is 0 Å². The Morgan fingerprint density at radius 1 is 1.14 bits per heavy atom. The molecule has 22 heavy (non-hydrogen) atoms. The number of ketones is 1. The average Bonchev–Trinajstić information content (AvgIpc) is 2.96. The summed E-state index contributed by atoms with van der Waals surface area (Å²) in [5.74, 6) is 0.210. The lowest BCUT2D eigenvalue weighted by molar-refractivity contribution is 0.0876. The van der Waals surface area contributed by atoms with Crippen LogP contribution in [0, 0.1) is 0 Å². The lowest BCUT2D eigenvalue weighted by atomic mass is 10.1. The van der Waals surface area contributed by atoms with Crippen LogP contribution in [-0.2, 0) is 0 Å². The molecular formula is C17H19BrN2OS. The molecule has 2 heterocycles. The van der Waals surface area contributed by atoms with E-state index in [-0.39, 0.29) is 5.78 Å². The average molecular weight is 379 g/mol. The molecule has 0 amide bonds. The van der Waals surface area contributed by atoms with Gasteiger partial charge in [0.05, 0.1) is 6.54 Å². The van der Waals surface area contributed by atoms with Crippen molar-refractivity contribution in [3.8, 4) is 10.4 Å². The smallest absolute Gasteiger partial charge is 0.176 e. The topological polar surface area (TPSA) is 23.6 Å². The molecule has 5 heteroatoms. The summed E-state index contributed by atoms with van der Waals surface area (Å²) in [5.41, 5.74) is 1.95. The highest BCUT2D eigenvalue weighted by molar-refractivity contribution is 9.10. The van der Waals surface area contributed by atoms with Gasteiger partial charge < -0.3 is 4.90 Å². The number of halogens is 1. The van der Waals surface area contributed by atoms with Crippen molar-refractivity contribution >= 4 is 33.0 Å². The number of benzene rings is 1. The molecule has 0 bridgehead atoms. The van der Waals surface area contributed by atoms with E-state index in [4.69, 9.17) is 0 Å². The van der Waals surface area contributed by atoms with Crippen LogP contribution < -0.4 is 0 Å². The molecule has 1 aromatic carbocycles. The van der Waals surface area contributed by atoms with E-state index in [1.165, 1.54) is 4.88 Å². The molecular weight excluding hydrogens is 360 g/mol. The van der Waals surface area contributed by atoms with E-state index >= 15 is 0 Å². The summed E-state index contributed by atoms with van der Waals surface area (Å²) in [5, 5.41) is 2.06. The van der Waals surface area contributed by atoms with Crippen molar-refractivity contribution in [2.24, 2.45) is 0 Å². The maximum absolute atomic E-state index is 12.4. The number of hydrogen-bond acceptors (Lipinski definition) is 4. The first-order valence-corrected chi connectivity index (χ1v) is 9.08. The maximum Gasteiger partial charge on any atom is 0.176 e. The molecule has 1 aliphatic rings. The molecule has 0 radical (unpaired) electrons. The molecule has 0 unspecified atom stereocenters. The minimum atomic E-state index is 0.210. The number of likely N-dealkylation sites (N-methyl/N-ethyl adjacent to an activating group) is 1. The maximum atomic E-state index is 12.4. The van der Waals surface area contributed by atoms with Crippen LogP contribution in [0.2, 0.25) is 0 Å². The van der Waals surface area contributed by atoms with E-state index in [9.17, 15) is 4.79 Å². The van der Waals surface area contributed by atoms with E-state index in [1.54, 1.807) is 11.3 Å². The predicted octanol–water partition coefficient (Wildman–Crippen LogP) is 3.61. The van der Waals surface area contributed by atoms with Gasteiger partial charge in [0.15, 0.2) is 5.78 Å². The fourth-order valence-electron chi connectivity index (χ4n) is 2.61. The van der Waals surface area contributed by atoms with Crippen molar-refractivity contribution in [1.29, 1.82) is 0 Å². The minimum absolute atomic E-state index is 0.210. The van der Waals surface area contributed by atoms with Crippen LogP contribution in [0.15, 0.2) is 40.2 Å². The molecule has 1 saturated heterocycles. The molecule has 2 aromatic rings. The third-order valence-electron chi connectivity index (χ3n) is 4.05. The molecule has 1 aliphatic heterocycles. The summed E-state index contributed by atoms with van der Waals surface area (Å²) >= 11 is 5.25. The predicted molar refractivity (Wildman–Crippen MR) is 95.7 cm³/mol. The Hall–Kier alpha value is -1.01. The Balaban J connectivity index is 1.65. The summed E-state index contributed by atoms with van der Waals surface area (Å²) in [6.07, 6.45) is 0. The molecule has 0 spiro atoms. The van der Waals surface area contributed by atoms with Gasteiger partial charge in [0.2, 0.25) is 0 Å². The molecule has 3 nitrogen and oxygen atoms in total. The van der Waals surface area contributed by atoms with E-state index < -0.39 is 0 Å². The molecule has 1 fully saturated rings. The van der Waals surface area contributed by atoms with E-state index in [2.05, 4.69) is 38.2 Å². The fourth-order valence-corrected chi connectivity index (χ4v) is 4.22. The Bertz CT molecular complexity index is 645. The van der Waals surface area contributed by atoms with Gasteiger partial charge >= 0.3 is 0 Å². The number of carbonyl (C=O) groups excluding carboxylic acids is 1. The standard InChI is InChI=1S/C17H19BrN2OS/c1-19-7-9-20(10-8-19)12-16(21)13-2-4-14(5-3-13)17-15(18)6-11-22-17/h2-6,11H,7-10,12H2,1H3. The van der Waals surface area contributed by atoms with Crippen LogP contribution in [0.5, 0.6) is 0 Å². The first kappa shape index (κ1) is 15.9. The van der Waals surface area contributed by atoms with Crippen LogP contribution >= 0.6 is 27.3 Å². The zero-order valence-electron chi connectivity index (χ0n) is 12.6. The Morgan fingerprint density at radius 2 is 1.82 bits per heavy atom. The second kappa shape index (κ2) is 7.04. The highest BCUT2D eigenvalue weighted by Crippen LogP contribution is 2.33. The number of hydrogen-bond donors (Lipinski definition) is 0. The lowest BCUT2D eigenvalue weighted by Gasteiger charge is -2.31. The van der Waals surface area contributed by atoms with Crippen LogP contribution in [0.1, 0.15) is 10.4 Å². The zero-order chi connectivity index (χ0) is 15.5. The van der Waals surface area contributed by atoms with Gasteiger partial charge in [-0.2, -0.15) is 0 Å². The third kappa shape index (κ3) is 3.66. The Labute approximate surface area is 143 Å². The van der Waals surface area contributed by atoms with Gasteiger partial charge in [-0.1, -0.05) is 24.3 Å². The number of thiophene rings is 1. The third-order valence-corrected chi connectivity index (χ3v) is 5.94. The summed E-state index contributed by atoms with van der Waals surface area (Å²) in [6, 6.07) is 10.0. The monoisotopic (exact) mass is 378 g/mol. The number of nitrogens with zero attached hydrogens (tertiary/aromatic N) is 2. The molecule has 116 valence electrons. The Morgan fingerprint density at radius 3 is 2.41 bits per heavy atom. The second-order valence-corrected chi connectivity index (χ2v) is 7.45. The van der Waals surface area contributed by atoms with Gasteiger partial charge in [-0.05, 0) is 40.0 Å². The minimum Gasteiger partial charge on any atom is -0.304 e. The van der Waals surface area contributed by atoms with Gasteiger partial charge in [-0.25, -0.2) is 0 Å². The molecule has 0 atom stereocenters. The zero-order valence-corrected chi connectivity index (χ0v) is 15.0. The van der Waals surface area contributed by atoms with Crippen molar-refractivity contribution in [1.82, 2.24) is 9.80 Å². The van der Waals surface area contributed by atoms with Gasteiger partial charge in [0.25, 0.3) is 0 Å². The van der Waals surface area contributed by atoms with Gasteiger partial charge in [0, 0.05) is 41.1 Å². The van der Waals surface area contributed by atoms with Gasteiger partial charge in [0.1, 0.15) is 0 Å². The van der Waals surface area contributed by atoms with Crippen LogP contribution in [0.3, 0.4) is 0 Å². The largest absolute Gasteiger partial charge is 0.304 e. The molecule has 3 rings (SSSR count). The number of rotatable bonds is 4. The molecule has 1 aromatic heterocycles. The normalized spacial score (nSPS) is 16.8. The number of carbonyl (C=O) groups is 1. The van der Waals surface area contributed by atoms with E-state index in [0.29, 0.717) is 6.54 Å². The number of Topliss-reactive ketones (excluding diaryl/α,β-unsaturated/α-hetero) is 1. The van der Waals surface area contributed by atoms with Crippen LogP contribution in [-0.4, -0.2) is 55.4 Å². The molecule has 0 N–H and O–H groups in total. The van der Waals surface area contributed by atoms with Gasteiger partial charge in [-0.15, -0.1) is 11.3 Å².